The molecule has 0 aliphatic heterocycles. The molecular weight excluding hydrogens is 334 g/mol. The van der Waals surface area contributed by atoms with Gasteiger partial charge < -0.3 is 14.6 Å². The number of nitrogens with zero attached hydrogens (tertiary/aromatic N) is 1. The minimum absolute atomic E-state index is 0.0274. The van der Waals surface area contributed by atoms with E-state index in [2.05, 4.69) is 4.98 Å². The number of carbonyl (C=O) groups excluding carboxylic acids is 1. The smallest absolute Gasteiger partial charge is 0.123 e. The molecule has 0 amide bonds. The Morgan fingerprint density at radius 2 is 2.17 bits per heavy atom. The van der Waals surface area contributed by atoms with E-state index < -0.39 is 5.97 Å². The number of aromatic nitrogens is 1. The lowest BCUT2D eigenvalue weighted by atomic mass is 10.1. The number of ether oxygens (including phenoxy) is 1. The first kappa shape index (κ1) is 16.3. The van der Waals surface area contributed by atoms with Crippen LogP contribution in [0.5, 0.6) is 5.75 Å². The molecule has 2 aromatic rings. The highest BCUT2D eigenvalue weighted by molar-refractivity contribution is 7.09. The SMILES string of the molecule is O=C([O-])c1csc(Cc2cc(Cl)ccc2OCC2CCCC2)n1. The van der Waals surface area contributed by atoms with Crippen molar-refractivity contribution in [3.8, 4) is 5.75 Å². The van der Waals surface area contributed by atoms with E-state index in [0.29, 0.717) is 22.4 Å². The molecule has 1 aliphatic rings. The lowest BCUT2D eigenvalue weighted by Gasteiger charge is -2.14. The van der Waals surface area contributed by atoms with Gasteiger partial charge in [-0.15, -0.1) is 11.3 Å². The van der Waals surface area contributed by atoms with Gasteiger partial charge in [-0.05, 0) is 37.0 Å². The topological polar surface area (TPSA) is 62.2 Å². The Morgan fingerprint density at radius 3 is 2.87 bits per heavy atom. The molecule has 0 radical (unpaired) electrons. The van der Waals surface area contributed by atoms with Crippen LogP contribution in [0.1, 0.15) is 46.7 Å². The molecule has 1 saturated carbocycles. The maximum absolute atomic E-state index is 10.8. The van der Waals surface area contributed by atoms with Crippen LogP contribution in [0.4, 0.5) is 0 Å². The van der Waals surface area contributed by atoms with E-state index in [4.69, 9.17) is 16.3 Å². The number of rotatable bonds is 6. The summed E-state index contributed by atoms with van der Waals surface area (Å²) in [5.74, 6) is 0.172. The average molecular weight is 351 g/mol. The third kappa shape index (κ3) is 4.24. The molecule has 1 heterocycles. The Bertz CT molecular complexity index is 695. The predicted octanol–water partition coefficient (Wildman–Crippen LogP) is 3.32. The highest BCUT2D eigenvalue weighted by Crippen LogP contribution is 2.29. The third-order valence-electron chi connectivity index (χ3n) is 4.07. The first-order valence-electron chi connectivity index (χ1n) is 7.69. The van der Waals surface area contributed by atoms with E-state index in [-0.39, 0.29) is 5.69 Å². The zero-order chi connectivity index (χ0) is 16.2. The molecule has 6 heteroatoms. The number of thiazole rings is 1. The predicted molar refractivity (Wildman–Crippen MR) is 88.2 cm³/mol. The highest BCUT2D eigenvalue weighted by atomic mass is 35.5. The second-order valence-corrected chi connectivity index (χ2v) is 7.18. The van der Waals surface area contributed by atoms with E-state index in [9.17, 15) is 9.90 Å². The Balaban J connectivity index is 1.73. The zero-order valence-corrected chi connectivity index (χ0v) is 14.2. The van der Waals surface area contributed by atoms with Crippen LogP contribution in [-0.2, 0) is 6.42 Å². The standard InChI is InChI=1S/C17H18ClNO3S/c18-13-5-6-15(22-9-11-3-1-2-4-11)12(7-13)8-16-19-14(10-23-16)17(20)21/h5-7,10-11H,1-4,8-9H2,(H,20,21)/p-1. The fourth-order valence-corrected chi connectivity index (χ4v) is 3.84. The Morgan fingerprint density at radius 1 is 1.39 bits per heavy atom. The van der Waals surface area contributed by atoms with Gasteiger partial charge in [0.05, 0.1) is 23.3 Å². The number of hydrogen-bond donors (Lipinski definition) is 0. The quantitative estimate of drug-likeness (QED) is 0.801. The molecule has 1 aromatic heterocycles. The van der Waals surface area contributed by atoms with Gasteiger partial charge in [0.1, 0.15) is 5.75 Å². The summed E-state index contributed by atoms with van der Waals surface area (Å²) < 4.78 is 5.99. The van der Waals surface area contributed by atoms with Crippen molar-refractivity contribution in [1.29, 1.82) is 0 Å². The van der Waals surface area contributed by atoms with Crippen LogP contribution in [0.2, 0.25) is 5.02 Å². The van der Waals surface area contributed by atoms with Gasteiger partial charge in [-0.2, -0.15) is 0 Å². The molecule has 3 rings (SSSR count). The van der Waals surface area contributed by atoms with Crippen molar-refractivity contribution < 1.29 is 14.6 Å². The Kier molecular flexibility index (Phi) is 5.18. The number of hydrogen-bond acceptors (Lipinski definition) is 5. The minimum atomic E-state index is -1.25. The summed E-state index contributed by atoms with van der Waals surface area (Å²) in [6.45, 7) is 0.719. The van der Waals surface area contributed by atoms with Gasteiger partial charge in [0.15, 0.2) is 0 Å². The molecule has 0 N–H and O–H groups in total. The summed E-state index contributed by atoms with van der Waals surface area (Å²) in [5, 5.41) is 13.7. The molecule has 0 bridgehead atoms. The van der Waals surface area contributed by atoms with Gasteiger partial charge in [0.25, 0.3) is 0 Å². The maximum atomic E-state index is 10.8. The number of carboxylic acid groups (broad SMARTS) is 1. The van der Waals surface area contributed by atoms with Gasteiger partial charge >= 0.3 is 0 Å². The zero-order valence-electron chi connectivity index (χ0n) is 12.6. The van der Waals surface area contributed by atoms with Crippen molar-refractivity contribution in [2.24, 2.45) is 5.92 Å². The van der Waals surface area contributed by atoms with E-state index in [1.54, 1.807) is 0 Å². The number of benzene rings is 1. The summed E-state index contributed by atoms with van der Waals surface area (Å²) in [7, 11) is 0. The molecule has 23 heavy (non-hydrogen) atoms. The van der Waals surface area contributed by atoms with Crippen LogP contribution in [0.15, 0.2) is 23.6 Å². The van der Waals surface area contributed by atoms with Crippen molar-refractivity contribution in [1.82, 2.24) is 4.98 Å². The van der Waals surface area contributed by atoms with Gasteiger partial charge in [-0.1, -0.05) is 24.4 Å². The first-order chi connectivity index (χ1) is 11.1. The van der Waals surface area contributed by atoms with Gasteiger partial charge in [-0.3, -0.25) is 0 Å². The van der Waals surface area contributed by atoms with Crippen molar-refractivity contribution in [3.05, 3.63) is 44.9 Å². The second kappa shape index (κ2) is 7.32. The molecular formula is C17H17ClNO3S-. The van der Waals surface area contributed by atoms with Gasteiger partial charge in [-0.25, -0.2) is 4.98 Å². The summed E-state index contributed by atoms with van der Waals surface area (Å²) in [5.41, 5.74) is 0.898. The lowest BCUT2D eigenvalue weighted by Crippen LogP contribution is -2.22. The number of aromatic carboxylic acids is 1. The molecule has 0 atom stereocenters. The summed E-state index contributed by atoms with van der Waals surface area (Å²) >= 11 is 7.39. The number of carboxylic acids is 1. The minimum Gasteiger partial charge on any atom is -0.543 e. The average Bonchev–Trinajstić information content (AvgIpc) is 3.18. The maximum Gasteiger partial charge on any atom is 0.123 e. The van der Waals surface area contributed by atoms with Crippen LogP contribution in [0.25, 0.3) is 0 Å². The normalized spacial score (nSPS) is 15.0. The largest absolute Gasteiger partial charge is 0.543 e. The summed E-state index contributed by atoms with van der Waals surface area (Å²) in [6.07, 6.45) is 5.52. The molecule has 0 spiro atoms. The van der Waals surface area contributed by atoms with E-state index >= 15 is 0 Å². The van der Waals surface area contributed by atoms with Crippen molar-refractivity contribution >= 4 is 28.9 Å². The van der Waals surface area contributed by atoms with Crippen molar-refractivity contribution in [2.75, 3.05) is 6.61 Å². The number of carbonyl (C=O) groups is 1. The molecule has 0 saturated heterocycles. The summed E-state index contributed by atoms with van der Waals surface area (Å²) in [6, 6.07) is 5.54. The van der Waals surface area contributed by atoms with Crippen molar-refractivity contribution in [3.63, 3.8) is 0 Å². The van der Waals surface area contributed by atoms with Gasteiger partial charge in [0, 0.05) is 22.4 Å². The first-order valence-corrected chi connectivity index (χ1v) is 8.94. The molecule has 1 fully saturated rings. The van der Waals surface area contributed by atoms with Crippen LogP contribution in [0.3, 0.4) is 0 Å². The van der Waals surface area contributed by atoms with Crippen molar-refractivity contribution in [2.45, 2.75) is 32.1 Å². The van der Waals surface area contributed by atoms with Crippen LogP contribution < -0.4 is 9.84 Å². The lowest BCUT2D eigenvalue weighted by molar-refractivity contribution is -0.255. The van der Waals surface area contributed by atoms with Crippen LogP contribution >= 0.6 is 22.9 Å². The van der Waals surface area contributed by atoms with E-state index in [1.807, 2.05) is 18.2 Å². The molecule has 4 nitrogen and oxygen atoms in total. The van der Waals surface area contributed by atoms with Crippen LogP contribution in [-0.4, -0.2) is 17.6 Å². The summed E-state index contributed by atoms with van der Waals surface area (Å²) in [4.78, 5) is 14.9. The highest BCUT2D eigenvalue weighted by Gasteiger charge is 2.17. The Labute approximate surface area is 144 Å². The molecule has 122 valence electrons. The fraction of sp³-hybridized carbons (Fsp3) is 0.412. The van der Waals surface area contributed by atoms with E-state index in [1.165, 1.54) is 42.4 Å². The monoisotopic (exact) mass is 350 g/mol. The fourth-order valence-electron chi connectivity index (χ4n) is 2.86. The van der Waals surface area contributed by atoms with E-state index in [0.717, 1.165) is 17.9 Å². The molecule has 0 unspecified atom stereocenters. The molecule has 1 aliphatic carbocycles. The number of halogens is 1. The third-order valence-corrected chi connectivity index (χ3v) is 5.16. The Hall–Kier alpha value is -1.59. The second-order valence-electron chi connectivity index (χ2n) is 5.80. The van der Waals surface area contributed by atoms with Crippen LogP contribution in [0, 0.1) is 5.92 Å². The van der Waals surface area contributed by atoms with Gasteiger partial charge in [0.2, 0.25) is 0 Å². The molecule has 1 aromatic carbocycles.